The van der Waals surface area contributed by atoms with E-state index in [0.717, 1.165) is 16.5 Å². The third-order valence-electron chi connectivity index (χ3n) is 2.37. The second kappa shape index (κ2) is 3.65. The second-order valence-electron chi connectivity index (χ2n) is 3.41. The summed E-state index contributed by atoms with van der Waals surface area (Å²) >= 11 is 0. The number of phenolic OH excluding ortho intramolecular Hbond substituents is 1. The molecule has 1 heterocycles. The normalized spacial score (nSPS) is 10.7. The van der Waals surface area contributed by atoms with Gasteiger partial charge < -0.3 is 15.2 Å². The number of aromatic amines is 1. The molecule has 0 amide bonds. The van der Waals surface area contributed by atoms with E-state index in [1.54, 1.807) is 18.3 Å². The Morgan fingerprint density at radius 2 is 2.20 bits per heavy atom. The van der Waals surface area contributed by atoms with Gasteiger partial charge in [0.05, 0.1) is 0 Å². The molecule has 4 heteroatoms. The fourth-order valence-corrected chi connectivity index (χ4v) is 1.67. The number of benzene rings is 1. The minimum absolute atomic E-state index is 0.0707. The van der Waals surface area contributed by atoms with Crippen LogP contribution in [0.15, 0.2) is 24.4 Å². The molecule has 0 bridgehead atoms. The summed E-state index contributed by atoms with van der Waals surface area (Å²) in [6.07, 6.45) is 2.24. The number of aromatic hydroxyl groups is 1. The van der Waals surface area contributed by atoms with E-state index in [0.29, 0.717) is 6.42 Å². The van der Waals surface area contributed by atoms with Crippen LogP contribution in [-0.4, -0.2) is 21.2 Å². The van der Waals surface area contributed by atoms with Crippen LogP contribution in [0.5, 0.6) is 5.75 Å². The highest BCUT2D eigenvalue weighted by Gasteiger charge is 2.08. The Morgan fingerprint density at radius 1 is 1.40 bits per heavy atom. The highest BCUT2D eigenvalue weighted by Crippen LogP contribution is 2.28. The first-order valence-corrected chi connectivity index (χ1v) is 4.68. The van der Waals surface area contributed by atoms with Crippen molar-refractivity contribution in [2.75, 3.05) is 0 Å². The molecule has 0 aliphatic heterocycles. The van der Waals surface area contributed by atoms with E-state index < -0.39 is 5.97 Å². The van der Waals surface area contributed by atoms with Crippen LogP contribution in [0.25, 0.3) is 10.9 Å². The average molecular weight is 205 g/mol. The summed E-state index contributed by atoms with van der Waals surface area (Å²) in [5.41, 5.74) is 1.67. The Labute approximate surface area is 86.2 Å². The minimum Gasteiger partial charge on any atom is -0.507 e. The Balaban J connectivity index is 2.39. The lowest BCUT2D eigenvalue weighted by Gasteiger charge is -1.98. The smallest absolute Gasteiger partial charge is 0.303 e. The molecule has 4 nitrogen and oxygen atoms in total. The average Bonchev–Trinajstić information content (AvgIpc) is 2.59. The molecule has 0 saturated heterocycles. The van der Waals surface area contributed by atoms with Crippen molar-refractivity contribution in [1.82, 2.24) is 4.98 Å². The van der Waals surface area contributed by atoms with Gasteiger partial charge in [0.2, 0.25) is 0 Å². The van der Waals surface area contributed by atoms with Gasteiger partial charge in [0, 0.05) is 23.5 Å². The molecule has 0 saturated carbocycles. The predicted octanol–water partition coefficient (Wildman–Crippen LogP) is 1.89. The number of carboxylic acid groups (broad SMARTS) is 1. The van der Waals surface area contributed by atoms with Crippen LogP contribution in [0.3, 0.4) is 0 Å². The zero-order valence-electron chi connectivity index (χ0n) is 8.03. The minimum atomic E-state index is -0.834. The van der Waals surface area contributed by atoms with Gasteiger partial charge >= 0.3 is 5.97 Å². The molecule has 0 atom stereocenters. The quantitative estimate of drug-likeness (QED) is 0.716. The van der Waals surface area contributed by atoms with Crippen molar-refractivity contribution >= 4 is 16.9 Å². The maximum Gasteiger partial charge on any atom is 0.303 e. The molecular weight excluding hydrogens is 194 g/mol. The van der Waals surface area contributed by atoms with Gasteiger partial charge in [-0.25, -0.2) is 0 Å². The van der Waals surface area contributed by atoms with Crippen LogP contribution in [0.1, 0.15) is 12.0 Å². The maximum absolute atomic E-state index is 10.4. The highest BCUT2D eigenvalue weighted by molar-refractivity contribution is 5.89. The van der Waals surface area contributed by atoms with E-state index in [1.165, 1.54) is 0 Å². The number of carboxylic acids is 1. The number of phenols is 1. The van der Waals surface area contributed by atoms with Crippen LogP contribution in [-0.2, 0) is 11.2 Å². The number of hydrogen-bond acceptors (Lipinski definition) is 2. The van der Waals surface area contributed by atoms with Crippen molar-refractivity contribution < 1.29 is 15.0 Å². The summed E-state index contributed by atoms with van der Waals surface area (Å²) in [5.74, 6) is -0.645. The molecule has 3 N–H and O–H groups in total. The molecule has 2 aromatic rings. The summed E-state index contributed by atoms with van der Waals surface area (Å²) < 4.78 is 0. The van der Waals surface area contributed by atoms with E-state index in [2.05, 4.69) is 4.98 Å². The van der Waals surface area contributed by atoms with Crippen molar-refractivity contribution in [3.05, 3.63) is 30.0 Å². The van der Waals surface area contributed by atoms with E-state index in [9.17, 15) is 9.90 Å². The van der Waals surface area contributed by atoms with Crippen molar-refractivity contribution in [1.29, 1.82) is 0 Å². The zero-order chi connectivity index (χ0) is 10.8. The van der Waals surface area contributed by atoms with Gasteiger partial charge in [-0.3, -0.25) is 4.79 Å². The molecule has 0 aliphatic carbocycles. The zero-order valence-corrected chi connectivity index (χ0v) is 8.03. The predicted molar refractivity (Wildman–Crippen MR) is 55.9 cm³/mol. The Morgan fingerprint density at radius 3 is 2.93 bits per heavy atom. The molecule has 1 aromatic heterocycles. The number of hydrogen-bond donors (Lipinski definition) is 3. The van der Waals surface area contributed by atoms with Gasteiger partial charge in [-0.05, 0) is 24.1 Å². The molecule has 0 fully saturated rings. The molecule has 0 unspecified atom stereocenters. The maximum atomic E-state index is 10.4. The monoisotopic (exact) mass is 205 g/mol. The molecule has 0 aliphatic rings. The van der Waals surface area contributed by atoms with Crippen LogP contribution < -0.4 is 0 Å². The van der Waals surface area contributed by atoms with Gasteiger partial charge in [0.25, 0.3) is 0 Å². The third-order valence-corrected chi connectivity index (χ3v) is 2.37. The topological polar surface area (TPSA) is 73.3 Å². The van der Waals surface area contributed by atoms with E-state index in [1.807, 2.05) is 6.07 Å². The summed E-state index contributed by atoms with van der Waals surface area (Å²) in [4.78, 5) is 13.4. The van der Waals surface area contributed by atoms with Gasteiger partial charge in [0.1, 0.15) is 5.75 Å². The number of H-pyrrole nitrogens is 1. The molecule has 0 radical (unpaired) electrons. The Hall–Kier alpha value is -1.97. The lowest BCUT2D eigenvalue weighted by Crippen LogP contribution is -1.96. The van der Waals surface area contributed by atoms with E-state index in [4.69, 9.17) is 5.11 Å². The number of aryl methyl sites for hydroxylation is 1. The van der Waals surface area contributed by atoms with Crippen molar-refractivity contribution in [2.45, 2.75) is 12.8 Å². The van der Waals surface area contributed by atoms with Gasteiger partial charge in [0.15, 0.2) is 0 Å². The summed E-state index contributed by atoms with van der Waals surface area (Å²) in [6, 6.07) is 5.19. The number of fused-ring (bicyclic) bond motifs is 1. The van der Waals surface area contributed by atoms with E-state index >= 15 is 0 Å². The second-order valence-corrected chi connectivity index (χ2v) is 3.41. The summed E-state index contributed by atoms with van der Waals surface area (Å²) in [5, 5.41) is 18.9. The van der Waals surface area contributed by atoms with Crippen molar-refractivity contribution in [2.24, 2.45) is 0 Å². The molecule has 2 rings (SSSR count). The van der Waals surface area contributed by atoms with Gasteiger partial charge in [-0.2, -0.15) is 0 Å². The third kappa shape index (κ3) is 1.79. The summed E-state index contributed by atoms with van der Waals surface area (Å²) in [7, 11) is 0. The molecule has 15 heavy (non-hydrogen) atoms. The van der Waals surface area contributed by atoms with Crippen LogP contribution >= 0.6 is 0 Å². The Kier molecular flexibility index (Phi) is 2.33. The molecular formula is C11H11NO3. The molecule has 1 aromatic carbocycles. The van der Waals surface area contributed by atoms with Crippen LogP contribution in [0.4, 0.5) is 0 Å². The first-order chi connectivity index (χ1) is 7.18. The number of nitrogens with one attached hydrogen (secondary N) is 1. The lowest BCUT2D eigenvalue weighted by atomic mass is 10.1. The standard InChI is InChI=1S/C11H11NO3/c13-9-3-1-2-8-11(9)7(6-12-8)4-5-10(14)15/h1-3,6,12-13H,4-5H2,(H,14,15). The molecule has 0 spiro atoms. The van der Waals surface area contributed by atoms with Gasteiger partial charge in [-0.15, -0.1) is 0 Å². The fourth-order valence-electron chi connectivity index (χ4n) is 1.67. The van der Waals surface area contributed by atoms with Gasteiger partial charge in [-0.1, -0.05) is 6.07 Å². The lowest BCUT2D eigenvalue weighted by molar-refractivity contribution is -0.136. The van der Waals surface area contributed by atoms with Crippen LogP contribution in [0, 0.1) is 0 Å². The number of carbonyl (C=O) groups is 1. The number of aliphatic carboxylic acids is 1. The van der Waals surface area contributed by atoms with E-state index in [-0.39, 0.29) is 12.2 Å². The first kappa shape index (κ1) is 9.58. The summed E-state index contributed by atoms with van der Waals surface area (Å²) in [6.45, 7) is 0. The van der Waals surface area contributed by atoms with Crippen molar-refractivity contribution in [3.63, 3.8) is 0 Å². The number of aromatic nitrogens is 1. The Bertz CT molecular complexity index is 502. The van der Waals surface area contributed by atoms with Crippen LogP contribution in [0.2, 0.25) is 0 Å². The molecule has 78 valence electrons. The number of rotatable bonds is 3. The first-order valence-electron chi connectivity index (χ1n) is 4.68. The highest BCUT2D eigenvalue weighted by atomic mass is 16.4. The van der Waals surface area contributed by atoms with Crippen molar-refractivity contribution in [3.8, 4) is 5.75 Å². The largest absolute Gasteiger partial charge is 0.507 e. The fraction of sp³-hybridized carbons (Fsp3) is 0.182. The SMILES string of the molecule is O=C(O)CCc1c[nH]c2cccc(O)c12.